The van der Waals surface area contributed by atoms with Crippen molar-refractivity contribution in [3.8, 4) is 23.0 Å². The second kappa shape index (κ2) is 6.69. The van der Waals surface area contributed by atoms with E-state index in [1.165, 1.54) is 0 Å². The molecule has 4 rings (SSSR count). The number of rotatable bonds is 2. The van der Waals surface area contributed by atoms with Crippen LogP contribution in [-0.2, 0) is 19.1 Å². The van der Waals surface area contributed by atoms with Gasteiger partial charge in [0.1, 0.15) is 5.69 Å². The van der Waals surface area contributed by atoms with E-state index in [0.717, 1.165) is 41.4 Å². The van der Waals surface area contributed by atoms with Gasteiger partial charge in [-0.15, -0.1) is 12.4 Å². The molecule has 3 aromatic rings. The van der Waals surface area contributed by atoms with Crippen molar-refractivity contribution in [1.29, 1.82) is 0 Å². The third kappa shape index (κ3) is 3.17. The van der Waals surface area contributed by atoms with Crippen LogP contribution in [-0.4, -0.2) is 31.9 Å². The summed E-state index contributed by atoms with van der Waals surface area (Å²) in [7, 11) is 0. The highest BCUT2D eigenvalue weighted by Gasteiger charge is 2.34. The Morgan fingerprint density at radius 1 is 1.27 bits per heavy atom. The number of hydrogen-bond acceptors (Lipinski definition) is 6. The van der Waals surface area contributed by atoms with Crippen LogP contribution in [0, 0.1) is 6.92 Å². The predicted octanol–water partition coefficient (Wildman–Crippen LogP) is 2.92. The van der Waals surface area contributed by atoms with Crippen LogP contribution < -0.4 is 5.32 Å². The van der Waals surface area contributed by atoms with Crippen molar-refractivity contribution in [2.75, 3.05) is 6.54 Å². The minimum absolute atomic E-state index is 0. The Morgan fingerprint density at radius 3 is 2.81 bits per heavy atom. The molecule has 0 unspecified atom stereocenters. The van der Waals surface area contributed by atoms with Gasteiger partial charge in [-0.05, 0) is 31.0 Å². The average molecular weight is 387 g/mol. The normalized spacial score (nSPS) is 14.0. The summed E-state index contributed by atoms with van der Waals surface area (Å²) in [6.45, 7) is 3.36. The monoisotopic (exact) mass is 386 g/mol. The summed E-state index contributed by atoms with van der Waals surface area (Å²) in [6.07, 6.45) is -1.91. The molecule has 26 heavy (non-hydrogen) atoms. The Hall–Kier alpha value is -2.46. The molecule has 0 aliphatic carbocycles. The van der Waals surface area contributed by atoms with Gasteiger partial charge in [-0.2, -0.15) is 23.3 Å². The molecule has 2 N–H and O–H groups in total. The van der Waals surface area contributed by atoms with Gasteiger partial charge in [0.15, 0.2) is 5.69 Å². The first-order valence-corrected chi connectivity index (χ1v) is 7.58. The van der Waals surface area contributed by atoms with Crippen molar-refractivity contribution in [3.05, 3.63) is 34.8 Å². The lowest BCUT2D eigenvalue weighted by molar-refractivity contribution is -0.141. The van der Waals surface area contributed by atoms with E-state index in [-0.39, 0.29) is 24.0 Å². The fourth-order valence-electron chi connectivity index (χ4n) is 2.87. The van der Waals surface area contributed by atoms with E-state index in [1.54, 1.807) is 0 Å². The van der Waals surface area contributed by atoms with Crippen LogP contribution in [0.15, 0.2) is 16.8 Å². The maximum Gasteiger partial charge on any atom is 0.432 e. The number of aromatic nitrogens is 5. The van der Waals surface area contributed by atoms with Crippen LogP contribution in [0.25, 0.3) is 23.0 Å². The summed E-state index contributed by atoms with van der Waals surface area (Å²) < 4.78 is 43.2. The van der Waals surface area contributed by atoms with E-state index < -0.39 is 11.9 Å². The van der Waals surface area contributed by atoms with Gasteiger partial charge in [-0.3, -0.25) is 10.1 Å². The summed E-state index contributed by atoms with van der Waals surface area (Å²) in [5.41, 5.74) is 2.62. The second-order valence-electron chi connectivity index (χ2n) is 5.74. The van der Waals surface area contributed by atoms with E-state index in [1.807, 2.05) is 18.2 Å². The molecule has 1 aliphatic rings. The molecule has 0 spiro atoms. The van der Waals surface area contributed by atoms with E-state index in [4.69, 9.17) is 4.52 Å². The maximum absolute atomic E-state index is 12.7. The van der Waals surface area contributed by atoms with Crippen molar-refractivity contribution < 1.29 is 17.7 Å². The van der Waals surface area contributed by atoms with Gasteiger partial charge in [0, 0.05) is 30.1 Å². The average Bonchev–Trinajstić information content (AvgIpc) is 3.23. The molecule has 3 aromatic heterocycles. The zero-order valence-electron chi connectivity index (χ0n) is 13.5. The first-order chi connectivity index (χ1) is 11.9. The SMILES string of the molecule is Cc1ncc2c(c1-c1noc(-c3cc(C(F)(F)F)[nH]n3)n1)CCNC2.Cl. The van der Waals surface area contributed by atoms with Crippen molar-refractivity contribution in [3.63, 3.8) is 0 Å². The maximum atomic E-state index is 12.7. The second-order valence-corrected chi connectivity index (χ2v) is 5.74. The van der Waals surface area contributed by atoms with Gasteiger partial charge in [0.25, 0.3) is 5.89 Å². The molecule has 0 radical (unpaired) electrons. The molecule has 0 aromatic carbocycles. The number of aryl methyl sites for hydroxylation is 1. The molecule has 0 bridgehead atoms. The molecule has 11 heteroatoms. The first kappa shape index (κ1) is 18.3. The molecule has 0 saturated carbocycles. The zero-order chi connectivity index (χ0) is 17.6. The van der Waals surface area contributed by atoms with Gasteiger partial charge < -0.3 is 9.84 Å². The molecule has 0 saturated heterocycles. The van der Waals surface area contributed by atoms with Crippen molar-refractivity contribution in [2.24, 2.45) is 0 Å². The molecular weight excluding hydrogens is 373 g/mol. The molecule has 138 valence electrons. The lowest BCUT2D eigenvalue weighted by Gasteiger charge is -2.19. The molecule has 0 atom stereocenters. The highest BCUT2D eigenvalue weighted by atomic mass is 35.5. The number of aromatic amines is 1. The van der Waals surface area contributed by atoms with Crippen molar-refractivity contribution in [2.45, 2.75) is 26.1 Å². The fourth-order valence-corrected chi connectivity index (χ4v) is 2.87. The topological polar surface area (TPSA) is 92.5 Å². The quantitative estimate of drug-likeness (QED) is 0.703. The van der Waals surface area contributed by atoms with E-state index in [9.17, 15) is 13.2 Å². The number of alkyl halides is 3. The molecule has 4 heterocycles. The van der Waals surface area contributed by atoms with Crippen LogP contribution in [0.5, 0.6) is 0 Å². The number of H-pyrrole nitrogens is 1. The van der Waals surface area contributed by atoms with E-state index in [0.29, 0.717) is 12.4 Å². The van der Waals surface area contributed by atoms with E-state index >= 15 is 0 Å². The van der Waals surface area contributed by atoms with Gasteiger partial charge in [-0.1, -0.05) is 5.16 Å². The number of hydrogen-bond donors (Lipinski definition) is 2. The highest BCUT2D eigenvalue weighted by Crippen LogP contribution is 2.32. The highest BCUT2D eigenvalue weighted by molar-refractivity contribution is 5.85. The van der Waals surface area contributed by atoms with Crippen LogP contribution in [0.3, 0.4) is 0 Å². The van der Waals surface area contributed by atoms with Crippen LogP contribution in [0.2, 0.25) is 0 Å². The summed E-state index contributed by atoms with van der Waals surface area (Å²) in [4.78, 5) is 8.58. The van der Waals surface area contributed by atoms with Gasteiger partial charge in [-0.25, -0.2) is 0 Å². The number of halogens is 4. The largest absolute Gasteiger partial charge is 0.432 e. The van der Waals surface area contributed by atoms with Gasteiger partial charge in [0.05, 0.1) is 0 Å². The molecule has 0 fully saturated rings. The van der Waals surface area contributed by atoms with Crippen molar-refractivity contribution in [1.82, 2.24) is 30.6 Å². The molecule has 0 amide bonds. The number of pyridine rings is 1. The lowest BCUT2D eigenvalue weighted by Crippen LogP contribution is -2.24. The van der Waals surface area contributed by atoms with Crippen LogP contribution in [0.1, 0.15) is 22.5 Å². The molecule has 7 nitrogen and oxygen atoms in total. The number of nitrogens with one attached hydrogen (secondary N) is 2. The number of nitrogens with zero attached hydrogens (tertiary/aromatic N) is 4. The predicted molar refractivity (Wildman–Crippen MR) is 87.5 cm³/mol. The smallest absolute Gasteiger partial charge is 0.332 e. The fraction of sp³-hybridized carbons (Fsp3) is 0.333. The summed E-state index contributed by atoms with van der Waals surface area (Å²) in [5, 5.41) is 12.7. The van der Waals surface area contributed by atoms with Crippen LogP contribution >= 0.6 is 12.4 Å². The Balaban J connectivity index is 0.00000196. The standard InChI is InChI=1S/C15H13F3N6O.ClH/c1-7-12(9-2-3-19-5-8(9)6-20-7)13-21-14(25-24-13)10-4-11(23-22-10)15(16,17)18;/h4,6,19H,2-3,5H2,1H3,(H,22,23);1H. The Kier molecular flexibility index (Phi) is 4.72. The lowest BCUT2D eigenvalue weighted by atomic mass is 9.95. The summed E-state index contributed by atoms with van der Waals surface area (Å²) in [6, 6.07) is 0.840. The van der Waals surface area contributed by atoms with Gasteiger partial charge in [0.2, 0.25) is 5.82 Å². The zero-order valence-corrected chi connectivity index (χ0v) is 14.3. The van der Waals surface area contributed by atoms with Gasteiger partial charge >= 0.3 is 6.18 Å². The third-order valence-electron chi connectivity index (χ3n) is 4.08. The van der Waals surface area contributed by atoms with E-state index in [2.05, 4.69) is 25.5 Å². The summed E-state index contributed by atoms with van der Waals surface area (Å²) >= 11 is 0. The Morgan fingerprint density at radius 2 is 2.08 bits per heavy atom. The van der Waals surface area contributed by atoms with Crippen molar-refractivity contribution >= 4 is 12.4 Å². The Labute approximate surface area is 151 Å². The van der Waals surface area contributed by atoms with Crippen LogP contribution in [0.4, 0.5) is 13.2 Å². The minimum Gasteiger partial charge on any atom is -0.332 e. The summed E-state index contributed by atoms with van der Waals surface area (Å²) in [5.74, 6) is 0.225. The third-order valence-corrected chi connectivity index (χ3v) is 4.08. The Bertz CT molecular complexity index is 936. The molecular formula is C15H14ClF3N6O. The first-order valence-electron chi connectivity index (χ1n) is 7.58. The molecule has 1 aliphatic heterocycles. The number of fused-ring (bicyclic) bond motifs is 1. The minimum atomic E-state index is -4.51.